The monoisotopic (exact) mass is 661 g/mol. The Morgan fingerprint density at radius 3 is 2.46 bits per heavy atom. The molecule has 1 N–H and O–H groups in total. The molecule has 0 aliphatic carbocycles. The Morgan fingerprint density at radius 2 is 1.79 bits per heavy atom. The molecule has 198 valence electrons. The number of thioether (sulfide) groups is 1. The summed E-state index contributed by atoms with van der Waals surface area (Å²) in [5, 5.41) is 21.0. The highest BCUT2D eigenvalue weighted by molar-refractivity contribution is 9.10. The molecule has 1 atom stereocenters. The number of halogens is 3. The van der Waals surface area contributed by atoms with Crippen molar-refractivity contribution in [3.8, 4) is 5.75 Å². The molecule has 3 aromatic carbocycles. The highest BCUT2D eigenvalue weighted by Crippen LogP contribution is 2.44. The van der Waals surface area contributed by atoms with Crippen LogP contribution in [0.5, 0.6) is 5.75 Å². The molecule has 0 radical (unpaired) electrons. The molecule has 1 aliphatic rings. The first-order chi connectivity index (χ1) is 18.8. The number of Topliss-reactive ketones (excluding diaryl/α,β-unsaturated/α-hetero) is 1. The Balaban J connectivity index is 1.52. The Labute approximate surface area is 250 Å². The van der Waals surface area contributed by atoms with E-state index in [9.17, 15) is 14.7 Å². The molecule has 1 fully saturated rings. The fraction of sp³-hybridized carbons (Fsp3) is 0.111. The molecule has 7 nitrogen and oxygen atoms in total. The summed E-state index contributed by atoms with van der Waals surface area (Å²) < 4.78 is 6.60. The summed E-state index contributed by atoms with van der Waals surface area (Å²) in [6, 6.07) is 18.1. The Bertz CT molecular complexity index is 1590. The Morgan fingerprint density at radius 1 is 1.08 bits per heavy atom. The van der Waals surface area contributed by atoms with Crippen molar-refractivity contribution in [3.63, 3.8) is 0 Å². The number of amides is 1. The van der Waals surface area contributed by atoms with E-state index in [0.29, 0.717) is 37.0 Å². The van der Waals surface area contributed by atoms with Crippen LogP contribution in [0.4, 0.5) is 5.13 Å². The van der Waals surface area contributed by atoms with Crippen LogP contribution < -0.4 is 9.64 Å². The van der Waals surface area contributed by atoms with Crippen molar-refractivity contribution in [1.82, 2.24) is 10.2 Å². The third-order valence-electron chi connectivity index (χ3n) is 5.96. The van der Waals surface area contributed by atoms with Gasteiger partial charge in [0, 0.05) is 25.8 Å². The number of aliphatic hydroxyl groups excluding tert-OH is 1. The lowest BCUT2D eigenvalue weighted by Crippen LogP contribution is -2.29. The van der Waals surface area contributed by atoms with Crippen LogP contribution in [0.1, 0.15) is 22.7 Å². The van der Waals surface area contributed by atoms with Gasteiger partial charge in [0.25, 0.3) is 5.78 Å². The largest absolute Gasteiger partial charge is 0.507 e. The molecule has 1 amide bonds. The van der Waals surface area contributed by atoms with E-state index in [1.54, 1.807) is 60.7 Å². The quantitative estimate of drug-likeness (QED) is 0.0719. The second-order valence-electron chi connectivity index (χ2n) is 8.32. The molecule has 1 unspecified atom stereocenters. The zero-order valence-corrected chi connectivity index (χ0v) is 24.8. The molecular formula is C27H18BrCl2N3O4S2. The number of aliphatic hydroxyl groups is 1. The van der Waals surface area contributed by atoms with Gasteiger partial charge in [-0.2, -0.15) is 0 Å². The fourth-order valence-corrected chi connectivity index (χ4v) is 6.72. The molecule has 39 heavy (non-hydrogen) atoms. The number of rotatable bonds is 7. The van der Waals surface area contributed by atoms with E-state index in [1.165, 1.54) is 35.1 Å². The van der Waals surface area contributed by atoms with Gasteiger partial charge in [-0.25, -0.2) is 0 Å². The van der Waals surface area contributed by atoms with Gasteiger partial charge in [-0.3, -0.25) is 14.5 Å². The van der Waals surface area contributed by atoms with Crippen LogP contribution in [0.15, 0.2) is 81.1 Å². The van der Waals surface area contributed by atoms with Crippen molar-refractivity contribution in [2.24, 2.45) is 0 Å². The molecule has 12 heteroatoms. The number of aromatic nitrogens is 2. The number of hydrogen-bond acceptors (Lipinski definition) is 8. The van der Waals surface area contributed by atoms with Crippen molar-refractivity contribution in [2.45, 2.75) is 16.1 Å². The maximum Gasteiger partial charge on any atom is 0.301 e. The van der Waals surface area contributed by atoms with Crippen molar-refractivity contribution in [3.05, 3.63) is 104 Å². The summed E-state index contributed by atoms with van der Waals surface area (Å²) in [4.78, 5) is 28.0. The predicted octanol–water partition coefficient (Wildman–Crippen LogP) is 7.53. The summed E-state index contributed by atoms with van der Waals surface area (Å²) >= 11 is 18.3. The van der Waals surface area contributed by atoms with Crippen molar-refractivity contribution in [2.75, 3.05) is 12.0 Å². The summed E-state index contributed by atoms with van der Waals surface area (Å²) in [7, 11) is 1.53. The maximum atomic E-state index is 13.4. The molecule has 0 bridgehead atoms. The normalized spacial score (nSPS) is 16.6. The van der Waals surface area contributed by atoms with Crippen LogP contribution >= 0.6 is 62.2 Å². The van der Waals surface area contributed by atoms with Crippen molar-refractivity contribution in [1.29, 1.82) is 0 Å². The summed E-state index contributed by atoms with van der Waals surface area (Å²) in [6.07, 6.45) is 0. The van der Waals surface area contributed by atoms with E-state index < -0.39 is 17.7 Å². The zero-order valence-electron chi connectivity index (χ0n) is 20.1. The number of ketones is 1. The SMILES string of the molecule is COc1ccc(/C(O)=C2/C(=O)C(=O)N(c3nnc(SCc4ccc(Cl)cc4Cl)s3)C2c2ccc(Br)cc2)cc1. The molecule has 5 rings (SSSR count). The number of carbonyl (C=O) groups is 2. The van der Waals surface area contributed by atoms with Gasteiger partial charge in [-0.05, 0) is 59.7 Å². The summed E-state index contributed by atoms with van der Waals surface area (Å²) in [6.45, 7) is 0. The molecule has 0 spiro atoms. The smallest absolute Gasteiger partial charge is 0.301 e. The molecule has 1 saturated heterocycles. The third kappa shape index (κ3) is 5.71. The van der Waals surface area contributed by atoms with Gasteiger partial charge >= 0.3 is 5.91 Å². The van der Waals surface area contributed by atoms with Crippen LogP contribution in [0, 0.1) is 0 Å². The van der Waals surface area contributed by atoms with Gasteiger partial charge in [-0.15, -0.1) is 10.2 Å². The number of benzene rings is 3. The average Bonchev–Trinajstić information content (AvgIpc) is 3.50. The van der Waals surface area contributed by atoms with Crippen molar-refractivity contribution >= 4 is 84.8 Å². The van der Waals surface area contributed by atoms with Crippen LogP contribution in [-0.2, 0) is 15.3 Å². The Hall–Kier alpha value is -2.89. The molecule has 0 saturated carbocycles. The minimum absolute atomic E-state index is 0.0372. The van der Waals surface area contributed by atoms with E-state index >= 15 is 0 Å². The summed E-state index contributed by atoms with van der Waals surface area (Å²) in [5.41, 5.74) is 1.84. The minimum atomic E-state index is -0.906. The number of carbonyl (C=O) groups excluding carboxylic acids is 2. The van der Waals surface area contributed by atoms with Gasteiger partial charge < -0.3 is 9.84 Å². The van der Waals surface area contributed by atoms with Crippen LogP contribution in [0.2, 0.25) is 10.0 Å². The van der Waals surface area contributed by atoms with Crippen LogP contribution in [-0.4, -0.2) is 34.1 Å². The zero-order chi connectivity index (χ0) is 27.7. The molecule has 2 heterocycles. The van der Waals surface area contributed by atoms with E-state index in [1.807, 2.05) is 6.07 Å². The Kier molecular flexibility index (Phi) is 8.29. The van der Waals surface area contributed by atoms with Gasteiger partial charge in [0.2, 0.25) is 5.13 Å². The highest BCUT2D eigenvalue weighted by atomic mass is 79.9. The number of ether oxygens (including phenoxy) is 1. The molecule has 4 aromatic rings. The third-order valence-corrected chi connectivity index (χ3v) is 9.18. The van der Waals surface area contributed by atoms with Gasteiger partial charge in [0.15, 0.2) is 4.34 Å². The van der Waals surface area contributed by atoms with E-state index in [4.69, 9.17) is 27.9 Å². The van der Waals surface area contributed by atoms with Crippen LogP contribution in [0.3, 0.4) is 0 Å². The molecule has 1 aliphatic heterocycles. The lowest BCUT2D eigenvalue weighted by molar-refractivity contribution is -0.132. The number of nitrogens with zero attached hydrogens (tertiary/aromatic N) is 3. The van der Waals surface area contributed by atoms with E-state index in [2.05, 4.69) is 26.1 Å². The maximum absolute atomic E-state index is 13.4. The highest BCUT2D eigenvalue weighted by Gasteiger charge is 2.48. The van der Waals surface area contributed by atoms with E-state index in [-0.39, 0.29) is 16.5 Å². The first-order valence-corrected chi connectivity index (χ1v) is 14.7. The van der Waals surface area contributed by atoms with E-state index in [0.717, 1.165) is 10.0 Å². The predicted molar refractivity (Wildman–Crippen MR) is 158 cm³/mol. The van der Waals surface area contributed by atoms with Gasteiger partial charge in [0.1, 0.15) is 11.5 Å². The lowest BCUT2D eigenvalue weighted by Gasteiger charge is -2.22. The van der Waals surface area contributed by atoms with Crippen LogP contribution in [0.25, 0.3) is 5.76 Å². The first kappa shape index (κ1) is 27.7. The minimum Gasteiger partial charge on any atom is -0.507 e. The average molecular weight is 663 g/mol. The van der Waals surface area contributed by atoms with Gasteiger partial charge in [-0.1, -0.05) is 80.4 Å². The standard InChI is InChI=1S/C27H18BrCl2N3O4S2/c1-37-19-10-5-15(6-11-19)23(34)21-22(14-2-7-17(28)8-3-14)33(25(36)24(21)35)26-31-32-27(39-26)38-13-16-4-9-18(29)12-20(16)30/h2-12,22,34H,13H2,1H3/b23-21-. The first-order valence-electron chi connectivity index (χ1n) is 11.4. The second-order valence-corrected chi connectivity index (χ2v) is 12.3. The molecular weight excluding hydrogens is 645 g/mol. The summed E-state index contributed by atoms with van der Waals surface area (Å²) in [5.74, 6) is -0.796. The van der Waals surface area contributed by atoms with Gasteiger partial charge in [0.05, 0.1) is 18.7 Å². The second kappa shape index (κ2) is 11.7. The number of methoxy groups -OCH3 is 1. The number of anilines is 1. The van der Waals surface area contributed by atoms with Crippen molar-refractivity contribution < 1.29 is 19.4 Å². The topological polar surface area (TPSA) is 92.6 Å². The molecule has 1 aromatic heterocycles. The fourth-order valence-electron chi connectivity index (χ4n) is 4.03. The lowest BCUT2D eigenvalue weighted by atomic mass is 9.95. The number of hydrogen-bond donors (Lipinski definition) is 1.